The molecule has 0 aromatic heterocycles. The zero-order valence-electron chi connectivity index (χ0n) is 9.53. The van der Waals surface area contributed by atoms with Gasteiger partial charge in [0.2, 0.25) is 0 Å². The molecule has 0 saturated carbocycles. The predicted molar refractivity (Wildman–Crippen MR) is 65.8 cm³/mol. The Bertz CT molecular complexity index is 256. The molecule has 0 aromatic rings. The van der Waals surface area contributed by atoms with Gasteiger partial charge in [0.25, 0.3) is 0 Å². The molecular formula is C10H18N2O3S. The third-order valence-electron chi connectivity index (χ3n) is 1.83. The fraction of sp³-hybridized carbons (Fsp3) is 0.600. The summed E-state index contributed by atoms with van der Waals surface area (Å²) in [7, 11) is 0. The molecular weight excluding hydrogens is 228 g/mol. The molecule has 0 fully saturated rings. The molecule has 5 nitrogen and oxygen atoms in total. The molecule has 0 spiro atoms. The van der Waals surface area contributed by atoms with Crippen molar-refractivity contribution in [2.75, 3.05) is 18.6 Å². The van der Waals surface area contributed by atoms with Crippen molar-refractivity contribution in [3.63, 3.8) is 0 Å². The van der Waals surface area contributed by atoms with E-state index in [2.05, 4.69) is 10.6 Å². The highest BCUT2D eigenvalue weighted by Gasteiger charge is 2.18. The van der Waals surface area contributed by atoms with Gasteiger partial charge in [0.1, 0.15) is 6.04 Å². The molecule has 1 unspecified atom stereocenters. The third kappa shape index (κ3) is 7.17. The van der Waals surface area contributed by atoms with Gasteiger partial charge in [-0.05, 0) is 25.4 Å². The van der Waals surface area contributed by atoms with Gasteiger partial charge >= 0.3 is 12.0 Å². The van der Waals surface area contributed by atoms with Crippen LogP contribution in [0.25, 0.3) is 0 Å². The zero-order valence-corrected chi connectivity index (χ0v) is 10.3. The summed E-state index contributed by atoms with van der Waals surface area (Å²) in [5.41, 5.74) is 0. The van der Waals surface area contributed by atoms with E-state index in [1.54, 1.807) is 17.8 Å². The van der Waals surface area contributed by atoms with E-state index in [9.17, 15) is 9.59 Å². The Labute approximate surface area is 99.7 Å². The van der Waals surface area contributed by atoms with Crippen LogP contribution in [0.4, 0.5) is 4.79 Å². The van der Waals surface area contributed by atoms with Gasteiger partial charge in [-0.1, -0.05) is 12.2 Å². The highest BCUT2D eigenvalue weighted by Crippen LogP contribution is 2.00. The van der Waals surface area contributed by atoms with Gasteiger partial charge in [-0.15, -0.1) is 0 Å². The second kappa shape index (κ2) is 9.08. The summed E-state index contributed by atoms with van der Waals surface area (Å²) in [6.07, 6.45) is 5.90. The number of hydrogen-bond donors (Lipinski definition) is 3. The molecule has 1 atom stereocenters. The van der Waals surface area contributed by atoms with Crippen LogP contribution in [0.3, 0.4) is 0 Å². The van der Waals surface area contributed by atoms with E-state index in [0.29, 0.717) is 18.7 Å². The Morgan fingerprint density at radius 1 is 1.50 bits per heavy atom. The van der Waals surface area contributed by atoms with Crippen LogP contribution >= 0.6 is 11.8 Å². The molecule has 16 heavy (non-hydrogen) atoms. The maximum absolute atomic E-state index is 11.3. The first-order valence-electron chi connectivity index (χ1n) is 4.99. The van der Waals surface area contributed by atoms with E-state index in [0.717, 1.165) is 0 Å². The normalized spacial score (nSPS) is 12.4. The predicted octanol–water partition coefficient (Wildman–Crippen LogP) is 1.07. The fourth-order valence-electron chi connectivity index (χ4n) is 0.972. The number of rotatable bonds is 7. The van der Waals surface area contributed by atoms with Crippen molar-refractivity contribution >= 4 is 23.8 Å². The number of carboxylic acid groups (broad SMARTS) is 1. The van der Waals surface area contributed by atoms with Crippen LogP contribution in [-0.4, -0.2) is 41.7 Å². The van der Waals surface area contributed by atoms with Crippen LogP contribution in [0.1, 0.15) is 13.3 Å². The Balaban J connectivity index is 3.97. The Kier molecular flexibility index (Phi) is 8.42. The smallest absolute Gasteiger partial charge is 0.326 e. The Morgan fingerprint density at radius 3 is 2.69 bits per heavy atom. The number of carboxylic acids is 1. The summed E-state index contributed by atoms with van der Waals surface area (Å²) in [6.45, 7) is 2.25. The fourth-order valence-corrected chi connectivity index (χ4v) is 1.44. The molecule has 0 aliphatic rings. The number of thioether (sulfide) groups is 1. The lowest BCUT2D eigenvalue weighted by molar-refractivity contribution is -0.139. The van der Waals surface area contributed by atoms with E-state index < -0.39 is 18.0 Å². The molecule has 0 radical (unpaired) electrons. The second-order valence-corrected chi connectivity index (χ2v) is 4.08. The Hall–Kier alpha value is -1.17. The number of urea groups is 1. The van der Waals surface area contributed by atoms with E-state index in [1.807, 2.05) is 19.3 Å². The topological polar surface area (TPSA) is 78.4 Å². The van der Waals surface area contributed by atoms with Gasteiger partial charge in [-0.2, -0.15) is 11.8 Å². The average molecular weight is 246 g/mol. The SMILES string of the molecule is C/C=C/CNC(=O)NC(CCSC)C(=O)O. The summed E-state index contributed by atoms with van der Waals surface area (Å²) in [6, 6.07) is -1.27. The van der Waals surface area contributed by atoms with Crippen molar-refractivity contribution in [3.8, 4) is 0 Å². The molecule has 0 aromatic carbocycles. The van der Waals surface area contributed by atoms with Crippen LogP contribution in [0.2, 0.25) is 0 Å². The van der Waals surface area contributed by atoms with E-state index in [-0.39, 0.29) is 0 Å². The average Bonchev–Trinajstić information content (AvgIpc) is 2.24. The maximum atomic E-state index is 11.3. The number of nitrogens with one attached hydrogen (secondary N) is 2. The highest BCUT2D eigenvalue weighted by atomic mass is 32.2. The van der Waals surface area contributed by atoms with Gasteiger partial charge in [-0.3, -0.25) is 0 Å². The number of allylic oxidation sites excluding steroid dienone is 1. The molecule has 6 heteroatoms. The number of hydrogen-bond acceptors (Lipinski definition) is 3. The first-order valence-corrected chi connectivity index (χ1v) is 6.38. The van der Waals surface area contributed by atoms with Gasteiger partial charge in [0.05, 0.1) is 0 Å². The molecule has 3 N–H and O–H groups in total. The van der Waals surface area contributed by atoms with Crippen LogP contribution in [0, 0.1) is 0 Å². The number of aliphatic carboxylic acids is 1. The molecule has 2 amide bonds. The first kappa shape index (κ1) is 14.8. The lowest BCUT2D eigenvalue weighted by Crippen LogP contribution is -2.46. The van der Waals surface area contributed by atoms with E-state index in [1.165, 1.54) is 0 Å². The van der Waals surface area contributed by atoms with Crippen molar-refractivity contribution in [2.24, 2.45) is 0 Å². The standard InChI is InChI=1S/C10H18N2O3S/c1-3-4-6-11-10(15)12-8(9(13)14)5-7-16-2/h3-4,8H,5-7H2,1-2H3,(H,13,14)(H2,11,12,15)/b4-3+. The summed E-state index contributed by atoms with van der Waals surface area (Å²) in [5.74, 6) is -0.304. The number of carbonyl (C=O) groups excluding carboxylic acids is 1. The maximum Gasteiger partial charge on any atom is 0.326 e. The number of amides is 2. The molecule has 0 heterocycles. The van der Waals surface area contributed by atoms with Crippen molar-refractivity contribution in [1.29, 1.82) is 0 Å². The number of carbonyl (C=O) groups is 2. The highest BCUT2D eigenvalue weighted by molar-refractivity contribution is 7.98. The first-order chi connectivity index (χ1) is 7.61. The summed E-state index contributed by atoms with van der Waals surface area (Å²) in [5, 5.41) is 13.8. The van der Waals surface area contributed by atoms with Gasteiger partial charge in [-0.25, -0.2) is 9.59 Å². The lowest BCUT2D eigenvalue weighted by atomic mass is 10.2. The third-order valence-corrected chi connectivity index (χ3v) is 2.47. The minimum Gasteiger partial charge on any atom is -0.480 e. The molecule has 0 saturated heterocycles. The zero-order chi connectivity index (χ0) is 12.4. The van der Waals surface area contributed by atoms with Crippen molar-refractivity contribution in [1.82, 2.24) is 10.6 Å². The molecule has 0 rings (SSSR count). The summed E-state index contributed by atoms with van der Waals surface area (Å²) in [4.78, 5) is 22.1. The van der Waals surface area contributed by atoms with E-state index in [4.69, 9.17) is 5.11 Å². The van der Waals surface area contributed by atoms with E-state index >= 15 is 0 Å². The monoisotopic (exact) mass is 246 g/mol. The van der Waals surface area contributed by atoms with Crippen molar-refractivity contribution < 1.29 is 14.7 Å². The lowest BCUT2D eigenvalue weighted by Gasteiger charge is -2.13. The van der Waals surface area contributed by atoms with Crippen LogP contribution in [0.5, 0.6) is 0 Å². The van der Waals surface area contributed by atoms with Crippen molar-refractivity contribution in [3.05, 3.63) is 12.2 Å². The molecule has 92 valence electrons. The van der Waals surface area contributed by atoms with Gasteiger partial charge in [0.15, 0.2) is 0 Å². The van der Waals surface area contributed by atoms with Crippen molar-refractivity contribution in [2.45, 2.75) is 19.4 Å². The minimum atomic E-state index is -1.00. The molecule has 0 aliphatic carbocycles. The second-order valence-electron chi connectivity index (χ2n) is 3.10. The minimum absolute atomic E-state index is 0.400. The Morgan fingerprint density at radius 2 is 2.19 bits per heavy atom. The van der Waals surface area contributed by atoms with Crippen LogP contribution in [0.15, 0.2) is 12.2 Å². The summed E-state index contributed by atoms with van der Waals surface area (Å²) < 4.78 is 0. The van der Waals surface area contributed by atoms with Crippen LogP contribution in [-0.2, 0) is 4.79 Å². The quantitative estimate of drug-likeness (QED) is 0.587. The molecule has 0 bridgehead atoms. The summed E-state index contributed by atoms with van der Waals surface area (Å²) >= 11 is 1.55. The van der Waals surface area contributed by atoms with Gasteiger partial charge < -0.3 is 15.7 Å². The van der Waals surface area contributed by atoms with Gasteiger partial charge in [0, 0.05) is 6.54 Å². The largest absolute Gasteiger partial charge is 0.480 e. The molecule has 0 aliphatic heterocycles. The van der Waals surface area contributed by atoms with Crippen LogP contribution < -0.4 is 10.6 Å².